The first kappa shape index (κ1) is 10.4. The van der Waals surface area contributed by atoms with Crippen LogP contribution in [0.15, 0.2) is 59.9 Å². The summed E-state index contributed by atoms with van der Waals surface area (Å²) in [6, 6.07) is 12.7. The third-order valence-electron chi connectivity index (χ3n) is 2.21. The third kappa shape index (κ3) is 2.45. The molecule has 0 spiro atoms. The highest BCUT2D eigenvalue weighted by Gasteiger charge is 2.00. The van der Waals surface area contributed by atoms with E-state index in [4.69, 9.17) is 0 Å². The van der Waals surface area contributed by atoms with E-state index in [0.29, 0.717) is 10.9 Å². The fourth-order valence-corrected chi connectivity index (χ4v) is 1.33. The van der Waals surface area contributed by atoms with Gasteiger partial charge in [0.15, 0.2) is 0 Å². The predicted molar refractivity (Wildman–Crippen MR) is 61.7 cm³/mol. The highest BCUT2D eigenvalue weighted by atomic mass is 16.1. The van der Waals surface area contributed by atoms with E-state index in [-0.39, 0.29) is 5.91 Å². The van der Waals surface area contributed by atoms with Gasteiger partial charge in [0, 0.05) is 25.0 Å². The molecular weight excluding hydrogens is 200 g/mol. The van der Waals surface area contributed by atoms with Crippen LogP contribution in [-0.4, -0.2) is 10.5 Å². The summed E-state index contributed by atoms with van der Waals surface area (Å²) in [5.74, 6) is -0.213. The van der Waals surface area contributed by atoms with Gasteiger partial charge < -0.3 is 4.57 Å². The van der Waals surface area contributed by atoms with Crippen molar-refractivity contribution in [3.8, 4) is 0 Å². The summed E-state index contributed by atoms with van der Waals surface area (Å²) in [7, 11) is 1.92. The second-order valence-corrected chi connectivity index (χ2v) is 3.50. The molecule has 0 radical (unpaired) electrons. The molecule has 0 bridgehead atoms. The monoisotopic (exact) mass is 212 g/mol. The molecule has 0 N–H and O–H groups in total. The number of carbonyl (C=O) groups is 1. The normalized spacial score (nSPS) is 9.81. The summed E-state index contributed by atoms with van der Waals surface area (Å²) < 4.78 is 1.89. The Kier molecular flexibility index (Phi) is 2.96. The summed E-state index contributed by atoms with van der Waals surface area (Å²) >= 11 is 0. The standard InChI is InChI=1S/C13H12N2O/c1-15-9-7-12(8-10-15)14-13(16)11-5-3-2-4-6-11/h2-10H,1H3. The average molecular weight is 212 g/mol. The molecule has 3 heteroatoms. The van der Waals surface area contributed by atoms with E-state index in [2.05, 4.69) is 4.99 Å². The Hall–Kier alpha value is -2.16. The molecule has 1 aromatic heterocycles. The molecular formula is C13H12N2O. The van der Waals surface area contributed by atoms with Gasteiger partial charge in [0.25, 0.3) is 5.91 Å². The maximum absolute atomic E-state index is 11.7. The van der Waals surface area contributed by atoms with Crippen molar-refractivity contribution in [2.45, 2.75) is 0 Å². The molecule has 0 unspecified atom stereocenters. The largest absolute Gasteiger partial charge is 0.357 e. The number of aryl methyl sites for hydroxylation is 1. The van der Waals surface area contributed by atoms with E-state index in [1.54, 1.807) is 24.3 Å². The van der Waals surface area contributed by atoms with Crippen molar-refractivity contribution in [1.29, 1.82) is 0 Å². The summed E-state index contributed by atoms with van der Waals surface area (Å²) in [6.07, 6.45) is 3.72. The zero-order chi connectivity index (χ0) is 11.4. The molecule has 0 saturated carbocycles. The number of hydrogen-bond donors (Lipinski definition) is 0. The second kappa shape index (κ2) is 4.57. The Morgan fingerprint density at radius 1 is 1.06 bits per heavy atom. The first-order valence-corrected chi connectivity index (χ1v) is 5.02. The van der Waals surface area contributed by atoms with Crippen LogP contribution >= 0.6 is 0 Å². The van der Waals surface area contributed by atoms with Crippen molar-refractivity contribution in [2.24, 2.45) is 12.0 Å². The van der Waals surface area contributed by atoms with Crippen LogP contribution in [0, 0.1) is 0 Å². The minimum absolute atomic E-state index is 0.213. The minimum Gasteiger partial charge on any atom is -0.357 e. The lowest BCUT2D eigenvalue weighted by atomic mass is 10.2. The lowest BCUT2D eigenvalue weighted by molar-refractivity contribution is 0.0998. The first-order chi connectivity index (χ1) is 7.75. The van der Waals surface area contributed by atoms with Gasteiger partial charge in [-0.05, 0) is 24.3 Å². The third-order valence-corrected chi connectivity index (χ3v) is 2.21. The van der Waals surface area contributed by atoms with Crippen molar-refractivity contribution in [1.82, 2.24) is 4.57 Å². The van der Waals surface area contributed by atoms with Crippen molar-refractivity contribution in [3.05, 3.63) is 65.8 Å². The number of rotatable bonds is 1. The molecule has 1 heterocycles. The zero-order valence-electron chi connectivity index (χ0n) is 9.00. The molecule has 0 aliphatic carbocycles. The summed E-state index contributed by atoms with van der Waals surface area (Å²) in [4.78, 5) is 15.7. The Bertz CT molecular complexity index is 535. The molecule has 0 aliphatic heterocycles. The van der Waals surface area contributed by atoms with E-state index >= 15 is 0 Å². The first-order valence-electron chi connectivity index (χ1n) is 5.02. The van der Waals surface area contributed by atoms with Gasteiger partial charge in [-0.3, -0.25) is 4.79 Å². The molecule has 2 aromatic rings. The molecule has 3 nitrogen and oxygen atoms in total. The van der Waals surface area contributed by atoms with Gasteiger partial charge in [-0.25, -0.2) is 4.99 Å². The SMILES string of the molecule is Cn1ccc(=NC(=O)c2ccccc2)cc1. The fourth-order valence-electron chi connectivity index (χ4n) is 1.33. The maximum atomic E-state index is 11.7. The summed E-state index contributed by atoms with van der Waals surface area (Å²) in [5.41, 5.74) is 0.607. The van der Waals surface area contributed by atoms with Gasteiger partial charge in [-0.1, -0.05) is 18.2 Å². The number of benzene rings is 1. The maximum Gasteiger partial charge on any atom is 0.277 e. The number of amides is 1. The summed E-state index contributed by atoms with van der Waals surface area (Å²) in [6.45, 7) is 0. The second-order valence-electron chi connectivity index (χ2n) is 3.50. The predicted octanol–water partition coefficient (Wildman–Crippen LogP) is 1.77. The molecule has 0 saturated heterocycles. The van der Waals surface area contributed by atoms with Gasteiger partial charge >= 0.3 is 0 Å². The number of hydrogen-bond acceptors (Lipinski definition) is 1. The molecule has 80 valence electrons. The smallest absolute Gasteiger partial charge is 0.277 e. The lowest BCUT2D eigenvalue weighted by Gasteiger charge is -1.95. The number of aromatic nitrogens is 1. The molecule has 1 aromatic carbocycles. The molecule has 0 aliphatic rings. The zero-order valence-corrected chi connectivity index (χ0v) is 9.00. The average Bonchev–Trinajstić information content (AvgIpc) is 2.33. The Morgan fingerprint density at radius 2 is 1.69 bits per heavy atom. The molecule has 0 fully saturated rings. The van der Waals surface area contributed by atoms with Crippen molar-refractivity contribution in [2.75, 3.05) is 0 Å². The highest BCUT2D eigenvalue weighted by Crippen LogP contribution is 1.99. The number of pyridine rings is 1. The summed E-state index contributed by atoms with van der Waals surface area (Å²) in [5, 5.41) is 0.673. The van der Waals surface area contributed by atoms with Crippen LogP contribution in [0.25, 0.3) is 0 Å². The molecule has 16 heavy (non-hydrogen) atoms. The Labute approximate surface area is 93.7 Å². The van der Waals surface area contributed by atoms with E-state index in [1.807, 2.05) is 42.2 Å². The topological polar surface area (TPSA) is 34.4 Å². The van der Waals surface area contributed by atoms with Crippen LogP contribution in [0.2, 0.25) is 0 Å². The van der Waals surface area contributed by atoms with Crippen molar-refractivity contribution in [3.63, 3.8) is 0 Å². The number of carbonyl (C=O) groups excluding carboxylic acids is 1. The van der Waals surface area contributed by atoms with Gasteiger partial charge in [-0.2, -0.15) is 0 Å². The Morgan fingerprint density at radius 3 is 2.31 bits per heavy atom. The van der Waals surface area contributed by atoms with E-state index in [0.717, 1.165) is 0 Å². The molecule has 0 atom stereocenters. The van der Waals surface area contributed by atoms with Gasteiger partial charge in [0.1, 0.15) is 0 Å². The van der Waals surface area contributed by atoms with E-state index in [9.17, 15) is 4.79 Å². The van der Waals surface area contributed by atoms with Crippen LogP contribution in [-0.2, 0) is 7.05 Å². The van der Waals surface area contributed by atoms with Gasteiger partial charge in [-0.15, -0.1) is 0 Å². The number of nitrogens with zero attached hydrogens (tertiary/aromatic N) is 2. The highest BCUT2D eigenvalue weighted by molar-refractivity contribution is 5.94. The van der Waals surface area contributed by atoms with Crippen molar-refractivity contribution >= 4 is 5.91 Å². The van der Waals surface area contributed by atoms with Crippen LogP contribution in [0.4, 0.5) is 0 Å². The minimum atomic E-state index is -0.213. The van der Waals surface area contributed by atoms with E-state index < -0.39 is 0 Å². The quantitative estimate of drug-likeness (QED) is 0.709. The van der Waals surface area contributed by atoms with E-state index in [1.165, 1.54) is 0 Å². The van der Waals surface area contributed by atoms with Crippen LogP contribution in [0.1, 0.15) is 10.4 Å². The molecule has 1 amide bonds. The fraction of sp³-hybridized carbons (Fsp3) is 0.0769. The van der Waals surface area contributed by atoms with Crippen LogP contribution in [0.3, 0.4) is 0 Å². The van der Waals surface area contributed by atoms with Crippen molar-refractivity contribution < 1.29 is 4.79 Å². The van der Waals surface area contributed by atoms with Gasteiger partial charge in [0.2, 0.25) is 0 Å². The Balaban J connectivity index is 2.31. The molecule has 2 rings (SSSR count). The van der Waals surface area contributed by atoms with Crippen LogP contribution < -0.4 is 5.36 Å². The van der Waals surface area contributed by atoms with Gasteiger partial charge in [0.05, 0.1) is 5.36 Å². The lowest BCUT2D eigenvalue weighted by Crippen LogP contribution is -2.07. The van der Waals surface area contributed by atoms with Crippen LogP contribution in [0.5, 0.6) is 0 Å².